The van der Waals surface area contributed by atoms with Crippen LogP contribution in [0.4, 0.5) is 0 Å². The van der Waals surface area contributed by atoms with Crippen LogP contribution in [0.2, 0.25) is 0 Å². The highest BCUT2D eigenvalue weighted by atomic mass is 32.2. The van der Waals surface area contributed by atoms with Gasteiger partial charge in [-0.25, -0.2) is 4.79 Å². The van der Waals surface area contributed by atoms with E-state index >= 15 is 0 Å². The van der Waals surface area contributed by atoms with Gasteiger partial charge in [0.25, 0.3) is 5.78 Å². The van der Waals surface area contributed by atoms with E-state index in [4.69, 9.17) is 5.11 Å². The molecule has 0 aromatic heterocycles. The van der Waals surface area contributed by atoms with Gasteiger partial charge in [0.1, 0.15) is 0 Å². The number of rotatable bonds is 3. The smallest absolute Gasteiger partial charge is 0.376 e. The zero-order valence-electron chi connectivity index (χ0n) is 6.53. The molecule has 12 heavy (non-hydrogen) atoms. The van der Waals surface area contributed by atoms with Crippen molar-refractivity contribution in [2.75, 3.05) is 11.5 Å². The van der Waals surface area contributed by atoms with Gasteiger partial charge in [-0.15, -0.1) is 0 Å². The predicted octanol–water partition coefficient (Wildman–Crippen LogP) is 0.949. The molecule has 1 aliphatic rings. The van der Waals surface area contributed by atoms with Crippen LogP contribution in [-0.4, -0.2) is 28.4 Å². The first-order chi connectivity index (χ1) is 5.70. The van der Waals surface area contributed by atoms with Gasteiger partial charge in [0.2, 0.25) is 0 Å². The van der Waals surface area contributed by atoms with Gasteiger partial charge >= 0.3 is 5.97 Å². The van der Waals surface area contributed by atoms with Crippen molar-refractivity contribution in [1.29, 1.82) is 0 Å². The van der Waals surface area contributed by atoms with Crippen LogP contribution in [0.1, 0.15) is 6.42 Å². The number of hydrogen-bond acceptors (Lipinski definition) is 3. The van der Waals surface area contributed by atoms with E-state index in [-0.39, 0.29) is 0 Å². The van der Waals surface area contributed by atoms with Crippen molar-refractivity contribution in [3.8, 4) is 0 Å². The molecule has 0 saturated carbocycles. The Morgan fingerprint density at radius 2 is 2.25 bits per heavy atom. The first-order valence-electron chi connectivity index (χ1n) is 3.73. The Morgan fingerprint density at radius 1 is 1.50 bits per heavy atom. The van der Waals surface area contributed by atoms with Crippen molar-refractivity contribution in [3.63, 3.8) is 0 Å². The molecular weight excluding hydrogens is 176 g/mol. The Morgan fingerprint density at radius 3 is 2.75 bits per heavy atom. The van der Waals surface area contributed by atoms with Gasteiger partial charge < -0.3 is 5.11 Å². The van der Waals surface area contributed by atoms with Crippen LogP contribution in [0.15, 0.2) is 12.2 Å². The summed E-state index contributed by atoms with van der Waals surface area (Å²) < 4.78 is 0. The summed E-state index contributed by atoms with van der Waals surface area (Å²) in [6, 6.07) is 0. The molecule has 1 atom stereocenters. The third kappa shape index (κ3) is 2.70. The predicted molar refractivity (Wildman–Crippen MR) is 47.2 cm³/mol. The Balaban J connectivity index is 2.38. The molecule has 1 aliphatic heterocycles. The van der Waals surface area contributed by atoms with E-state index in [1.54, 1.807) is 6.08 Å². The molecule has 0 bridgehead atoms. The fourth-order valence-corrected chi connectivity index (χ4v) is 2.22. The fourth-order valence-electron chi connectivity index (χ4n) is 0.999. The third-order valence-corrected chi connectivity index (χ3v) is 2.88. The van der Waals surface area contributed by atoms with Crippen LogP contribution < -0.4 is 0 Å². The zero-order valence-corrected chi connectivity index (χ0v) is 7.34. The van der Waals surface area contributed by atoms with Crippen LogP contribution in [0.5, 0.6) is 0 Å². The topological polar surface area (TPSA) is 54.4 Å². The Kier molecular flexibility index (Phi) is 3.34. The molecule has 1 rings (SSSR count). The minimum absolute atomic E-state index is 0.387. The number of carbonyl (C=O) groups excluding carboxylic acids is 1. The minimum Gasteiger partial charge on any atom is -0.475 e. The quantitative estimate of drug-likeness (QED) is 0.526. The molecule has 0 aromatic carbocycles. The normalized spacial score (nSPS) is 23.2. The molecule has 3 nitrogen and oxygen atoms in total. The number of aliphatic carboxylic acids is 1. The van der Waals surface area contributed by atoms with E-state index in [9.17, 15) is 9.59 Å². The molecule has 0 radical (unpaired) electrons. The summed E-state index contributed by atoms with van der Waals surface area (Å²) in [6.07, 6.45) is 3.92. The molecule has 4 heteroatoms. The van der Waals surface area contributed by atoms with Crippen LogP contribution in [-0.2, 0) is 9.59 Å². The maximum absolute atomic E-state index is 10.6. The van der Waals surface area contributed by atoms with E-state index in [2.05, 4.69) is 0 Å². The van der Waals surface area contributed by atoms with Crippen molar-refractivity contribution in [2.45, 2.75) is 6.42 Å². The molecule has 1 heterocycles. The molecule has 1 unspecified atom stereocenters. The first kappa shape index (κ1) is 9.32. The Labute approximate surface area is 74.8 Å². The standard InChI is InChI=1S/C8H10O3S/c9-7(8(10)11)2-1-6-3-4-12-5-6/h1-2,6H,3-5H2,(H,10,11)/b2-1+. The summed E-state index contributed by atoms with van der Waals surface area (Å²) in [4.78, 5) is 20.7. The van der Waals surface area contributed by atoms with Gasteiger partial charge in [0.05, 0.1) is 0 Å². The molecule has 1 saturated heterocycles. The number of carboxylic acids is 1. The van der Waals surface area contributed by atoms with E-state index in [1.165, 1.54) is 6.08 Å². The van der Waals surface area contributed by atoms with E-state index < -0.39 is 11.8 Å². The van der Waals surface area contributed by atoms with Crippen molar-refractivity contribution in [3.05, 3.63) is 12.2 Å². The Bertz CT molecular complexity index is 216. The highest BCUT2D eigenvalue weighted by Crippen LogP contribution is 2.24. The summed E-state index contributed by atoms with van der Waals surface area (Å²) in [6.45, 7) is 0. The maximum Gasteiger partial charge on any atom is 0.376 e. The molecule has 0 aromatic rings. The van der Waals surface area contributed by atoms with Gasteiger partial charge in [0.15, 0.2) is 0 Å². The number of thioether (sulfide) groups is 1. The number of carboxylic acid groups (broad SMARTS) is 1. The molecule has 0 spiro atoms. The van der Waals surface area contributed by atoms with Crippen molar-refractivity contribution >= 4 is 23.5 Å². The lowest BCUT2D eigenvalue weighted by molar-refractivity contribution is -0.146. The van der Waals surface area contributed by atoms with E-state index in [0.717, 1.165) is 17.9 Å². The van der Waals surface area contributed by atoms with Crippen molar-refractivity contribution in [2.24, 2.45) is 5.92 Å². The van der Waals surface area contributed by atoms with Gasteiger partial charge in [-0.05, 0) is 29.9 Å². The molecule has 0 amide bonds. The average Bonchev–Trinajstić information content (AvgIpc) is 2.51. The van der Waals surface area contributed by atoms with Crippen LogP contribution in [0.3, 0.4) is 0 Å². The van der Waals surface area contributed by atoms with Gasteiger partial charge in [-0.1, -0.05) is 6.08 Å². The molecule has 66 valence electrons. The lowest BCUT2D eigenvalue weighted by Gasteiger charge is -1.96. The lowest BCUT2D eigenvalue weighted by atomic mass is 10.1. The summed E-state index contributed by atoms with van der Waals surface area (Å²) in [7, 11) is 0. The highest BCUT2D eigenvalue weighted by Gasteiger charge is 2.13. The lowest BCUT2D eigenvalue weighted by Crippen LogP contribution is -2.09. The molecular formula is C8H10O3S. The molecule has 1 N–H and O–H groups in total. The summed E-state index contributed by atoms with van der Waals surface area (Å²) in [5.74, 6) is 0.293. The van der Waals surface area contributed by atoms with Gasteiger partial charge in [-0.3, -0.25) is 4.79 Å². The van der Waals surface area contributed by atoms with Crippen LogP contribution in [0, 0.1) is 5.92 Å². The minimum atomic E-state index is -1.38. The van der Waals surface area contributed by atoms with Crippen molar-refractivity contribution < 1.29 is 14.7 Å². The largest absolute Gasteiger partial charge is 0.475 e. The third-order valence-electron chi connectivity index (χ3n) is 1.70. The average molecular weight is 186 g/mol. The number of ketones is 1. The van der Waals surface area contributed by atoms with Gasteiger partial charge in [0, 0.05) is 0 Å². The second-order valence-corrected chi connectivity index (χ2v) is 3.80. The summed E-state index contributed by atoms with van der Waals surface area (Å²) in [5, 5.41) is 8.25. The maximum atomic E-state index is 10.6. The van der Waals surface area contributed by atoms with Crippen LogP contribution in [0.25, 0.3) is 0 Å². The van der Waals surface area contributed by atoms with Crippen molar-refractivity contribution in [1.82, 2.24) is 0 Å². The monoisotopic (exact) mass is 186 g/mol. The highest BCUT2D eigenvalue weighted by molar-refractivity contribution is 7.99. The number of hydrogen-bond donors (Lipinski definition) is 1. The fraction of sp³-hybridized carbons (Fsp3) is 0.500. The Hall–Kier alpha value is -0.770. The first-order valence-corrected chi connectivity index (χ1v) is 4.89. The summed E-state index contributed by atoms with van der Waals surface area (Å²) in [5.41, 5.74) is 0. The zero-order chi connectivity index (χ0) is 8.97. The van der Waals surface area contributed by atoms with E-state index in [0.29, 0.717) is 5.92 Å². The second-order valence-electron chi connectivity index (χ2n) is 2.65. The van der Waals surface area contributed by atoms with Crippen LogP contribution >= 0.6 is 11.8 Å². The summed E-state index contributed by atoms with van der Waals surface area (Å²) >= 11 is 1.83. The molecule has 0 aliphatic carbocycles. The van der Waals surface area contributed by atoms with Gasteiger partial charge in [-0.2, -0.15) is 11.8 Å². The van der Waals surface area contributed by atoms with E-state index in [1.807, 2.05) is 11.8 Å². The number of carbonyl (C=O) groups is 2. The molecule has 1 fully saturated rings. The second kappa shape index (κ2) is 4.30. The number of allylic oxidation sites excluding steroid dienone is 1. The SMILES string of the molecule is O=C(O)C(=O)/C=C/C1CCSC1.